The van der Waals surface area contributed by atoms with E-state index in [1.807, 2.05) is 0 Å². The van der Waals surface area contributed by atoms with E-state index in [0.717, 1.165) is 0 Å². The van der Waals surface area contributed by atoms with Crippen LogP contribution in [-0.2, 0) is 0 Å². The van der Waals surface area contributed by atoms with Gasteiger partial charge in [0, 0.05) is 0 Å². The minimum absolute atomic E-state index is 0.0130. The zero-order valence-electron chi connectivity index (χ0n) is 9.37. The van der Waals surface area contributed by atoms with Gasteiger partial charge in [-0.15, -0.1) is 0 Å². The summed E-state index contributed by atoms with van der Waals surface area (Å²) >= 11 is -0.0130. The second-order valence-electron chi connectivity index (χ2n) is 4.44. The Bertz CT molecular complexity index is 304. The molecule has 0 aliphatic rings. The fraction of sp³-hybridized carbons (Fsp3) is 0.385. The molecule has 0 heterocycles. The van der Waals surface area contributed by atoms with Gasteiger partial charge < -0.3 is 0 Å². The number of hydrogen-bond donors (Lipinski definition) is 0. The molecule has 0 aliphatic carbocycles. The van der Waals surface area contributed by atoms with Crippen molar-refractivity contribution in [3.05, 3.63) is 42.0 Å². The van der Waals surface area contributed by atoms with Crippen LogP contribution in [0.4, 0.5) is 0 Å². The first-order chi connectivity index (χ1) is 6.53. The number of allylic oxidation sites excluding steroid dienone is 1. The van der Waals surface area contributed by atoms with Crippen LogP contribution in [0.2, 0.25) is 4.97 Å². The third-order valence-corrected chi connectivity index (χ3v) is 4.11. The Morgan fingerprint density at radius 2 is 1.71 bits per heavy atom. The molecule has 76 valence electrons. The van der Waals surface area contributed by atoms with Gasteiger partial charge in [-0.1, -0.05) is 0 Å². The molecule has 0 saturated heterocycles. The van der Waals surface area contributed by atoms with E-state index >= 15 is 0 Å². The maximum absolute atomic E-state index is 2.42. The molecule has 1 rings (SSSR count). The number of hydrogen-bond acceptors (Lipinski definition) is 0. The molecule has 0 unspecified atom stereocenters. The van der Waals surface area contributed by atoms with Gasteiger partial charge in [-0.25, -0.2) is 0 Å². The third kappa shape index (κ3) is 3.86. The van der Waals surface area contributed by atoms with Crippen LogP contribution < -0.4 is 0 Å². The van der Waals surface area contributed by atoms with Crippen molar-refractivity contribution in [2.45, 2.75) is 25.7 Å². The molecule has 0 fully saturated rings. The van der Waals surface area contributed by atoms with Crippen molar-refractivity contribution in [1.82, 2.24) is 0 Å². The normalized spacial score (nSPS) is 13.0. The predicted molar refractivity (Wildman–Crippen MR) is 65.5 cm³/mol. The second kappa shape index (κ2) is 5.01. The van der Waals surface area contributed by atoms with Crippen LogP contribution in [-0.4, -0.2) is 20.9 Å². The average Bonchev–Trinajstić information content (AvgIpc) is 2.14. The van der Waals surface area contributed by atoms with Gasteiger partial charge in [-0.3, -0.25) is 0 Å². The molecule has 0 spiro atoms. The molecule has 0 saturated carbocycles. The Hall–Kier alpha value is -0.250. The SMILES string of the molecule is C[Te]/C(=C/C(C)(C)C)c1ccccc1. The van der Waals surface area contributed by atoms with E-state index < -0.39 is 0 Å². The predicted octanol–water partition coefficient (Wildman–Crippen LogP) is 3.83. The summed E-state index contributed by atoms with van der Waals surface area (Å²) < 4.78 is 1.57. The fourth-order valence-electron chi connectivity index (χ4n) is 1.26. The number of rotatable bonds is 2. The minimum atomic E-state index is -0.0130. The molecular formula is C13H18Te. The maximum atomic E-state index is 2.42. The monoisotopic (exact) mass is 304 g/mol. The zero-order chi connectivity index (χ0) is 10.6. The van der Waals surface area contributed by atoms with E-state index in [9.17, 15) is 0 Å². The van der Waals surface area contributed by atoms with Crippen LogP contribution in [0.15, 0.2) is 36.4 Å². The molecule has 1 aromatic carbocycles. The molecule has 1 aromatic rings. The van der Waals surface area contributed by atoms with E-state index in [2.05, 4.69) is 62.2 Å². The van der Waals surface area contributed by atoms with Gasteiger partial charge in [0.25, 0.3) is 0 Å². The van der Waals surface area contributed by atoms with E-state index in [4.69, 9.17) is 0 Å². The molecular weight excluding hydrogens is 284 g/mol. The quantitative estimate of drug-likeness (QED) is 0.728. The Kier molecular flexibility index (Phi) is 4.23. The Balaban J connectivity index is 3.00. The van der Waals surface area contributed by atoms with Gasteiger partial charge in [-0.2, -0.15) is 0 Å². The summed E-state index contributed by atoms with van der Waals surface area (Å²) in [6.07, 6.45) is 2.42. The van der Waals surface area contributed by atoms with Crippen molar-refractivity contribution >= 4 is 24.5 Å². The van der Waals surface area contributed by atoms with Gasteiger partial charge in [0.1, 0.15) is 0 Å². The summed E-state index contributed by atoms with van der Waals surface area (Å²) in [7, 11) is 0. The molecule has 14 heavy (non-hydrogen) atoms. The molecule has 0 nitrogen and oxygen atoms in total. The van der Waals surface area contributed by atoms with Crippen molar-refractivity contribution in [3.63, 3.8) is 0 Å². The van der Waals surface area contributed by atoms with E-state index in [-0.39, 0.29) is 20.9 Å². The van der Waals surface area contributed by atoms with Gasteiger partial charge in [0.2, 0.25) is 0 Å². The number of benzene rings is 1. The molecule has 0 aliphatic heterocycles. The summed E-state index contributed by atoms with van der Waals surface area (Å²) in [5.74, 6) is 0. The third-order valence-electron chi connectivity index (χ3n) is 1.84. The Morgan fingerprint density at radius 1 is 1.14 bits per heavy atom. The van der Waals surface area contributed by atoms with Crippen molar-refractivity contribution in [1.29, 1.82) is 0 Å². The molecule has 0 radical (unpaired) electrons. The zero-order valence-corrected chi connectivity index (χ0v) is 11.7. The molecule has 0 atom stereocenters. The Morgan fingerprint density at radius 3 is 2.14 bits per heavy atom. The first-order valence-electron chi connectivity index (χ1n) is 4.85. The van der Waals surface area contributed by atoms with Crippen LogP contribution in [0.1, 0.15) is 26.3 Å². The summed E-state index contributed by atoms with van der Waals surface area (Å²) in [5, 5.41) is 0. The van der Waals surface area contributed by atoms with Crippen LogP contribution in [0, 0.1) is 5.41 Å². The summed E-state index contributed by atoms with van der Waals surface area (Å²) in [5.41, 5.74) is 1.71. The van der Waals surface area contributed by atoms with Crippen LogP contribution >= 0.6 is 0 Å². The molecule has 0 N–H and O–H groups in total. The van der Waals surface area contributed by atoms with Crippen LogP contribution in [0.25, 0.3) is 3.62 Å². The summed E-state index contributed by atoms with van der Waals surface area (Å²) in [6, 6.07) is 10.7. The Labute approximate surface area is 97.5 Å². The molecule has 0 bridgehead atoms. The average molecular weight is 302 g/mol. The molecule has 0 aromatic heterocycles. The van der Waals surface area contributed by atoms with Crippen molar-refractivity contribution in [2.24, 2.45) is 5.41 Å². The van der Waals surface area contributed by atoms with Gasteiger partial charge >= 0.3 is 97.7 Å². The molecule has 0 amide bonds. The standard InChI is InChI=1S/C13H18Te/c1-13(2,3)10-12(14-4)11-8-6-5-7-9-11/h5-10H,1-4H3/b12-10+. The van der Waals surface area contributed by atoms with Crippen molar-refractivity contribution in [2.75, 3.05) is 0 Å². The van der Waals surface area contributed by atoms with Crippen LogP contribution in [0.3, 0.4) is 0 Å². The van der Waals surface area contributed by atoms with E-state index in [0.29, 0.717) is 5.41 Å². The van der Waals surface area contributed by atoms with Gasteiger partial charge in [0.05, 0.1) is 0 Å². The van der Waals surface area contributed by atoms with Crippen molar-refractivity contribution in [3.8, 4) is 0 Å². The van der Waals surface area contributed by atoms with E-state index in [1.54, 1.807) is 3.62 Å². The fourth-order valence-corrected chi connectivity index (χ4v) is 3.66. The van der Waals surface area contributed by atoms with Gasteiger partial charge in [-0.05, 0) is 0 Å². The van der Waals surface area contributed by atoms with Gasteiger partial charge in [0.15, 0.2) is 0 Å². The first-order valence-corrected chi connectivity index (χ1v) is 8.35. The van der Waals surface area contributed by atoms with Crippen LogP contribution in [0.5, 0.6) is 0 Å². The summed E-state index contributed by atoms with van der Waals surface area (Å²) in [4.78, 5) is 2.34. The van der Waals surface area contributed by atoms with Crippen molar-refractivity contribution < 1.29 is 0 Å². The summed E-state index contributed by atoms with van der Waals surface area (Å²) in [6.45, 7) is 6.79. The van der Waals surface area contributed by atoms with E-state index in [1.165, 1.54) is 5.56 Å². The second-order valence-corrected chi connectivity index (χ2v) is 6.87. The topological polar surface area (TPSA) is 0 Å². The first kappa shape index (κ1) is 11.8. The molecule has 1 heteroatoms.